The van der Waals surface area contributed by atoms with E-state index in [0.29, 0.717) is 5.92 Å². The van der Waals surface area contributed by atoms with Gasteiger partial charge in [0, 0.05) is 5.92 Å². The average Bonchev–Trinajstić information content (AvgIpc) is 2.56. The maximum absolute atomic E-state index is 11.5. The highest BCUT2D eigenvalue weighted by Crippen LogP contribution is 2.27. The van der Waals surface area contributed by atoms with Gasteiger partial charge >= 0.3 is 0 Å². The summed E-state index contributed by atoms with van der Waals surface area (Å²) in [4.78, 5) is 11.5. The average molecular weight is 206 g/mol. The third-order valence-corrected chi connectivity index (χ3v) is 2.56. The van der Waals surface area contributed by atoms with Crippen molar-refractivity contribution in [3.8, 4) is 0 Å². The fourth-order valence-electron chi connectivity index (χ4n) is 1.70. The molecule has 0 radical (unpaired) electrons. The first-order valence-corrected chi connectivity index (χ1v) is 5.27. The van der Waals surface area contributed by atoms with E-state index < -0.39 is 6.10 Å². The number of hydrogen-bond donors (Lipinski definition) is 1. The molecule has 15 heavy (non-hydrogen) atoms. The van der Waals surface area contributed by atoms with E-state index in [4.69, 9.17) is 0 Å². The Morgan fingerprint density at radius 3 is 2.67 bits per heavy atom. The van der Waals surface area contributed by atoms with E-state index >= 15 is 0 Å². The Balaban J connectivity index is 2.70. The monoisotopic (exact) mass is 206 g/mol. The molecule has 2 heteroatoms. The van der Waals surface area contributed by atoms with E-state index in [0.717, 1.165) is 0 Å². The Morgan fingerprint density at radius 2 is 2.13 bits per heavy atom. The molecular weight excluding hydrogens is 188 g/mol. The van der Waals surface area contributed by atoms with Gasteiger partial charge in [0.05, 0.1) is 12.0 Å². The van der Waals surface area contributed by atoms with Crippen molar-refractivity contribution in [3.05, 3.63) is 37.0 Å². The number of aliphatic hydroxyl groups excluding tert-OH is 1. The summed E-state index contributed by atoms with van der Waals surface area (Å²) in [5.74, 6) is -0.0473. The Morgan fingerprint density at radius 1 is 1.47 bits per heavy atom. The fourth-order valence-corrected chi connectivity index (χ4v) is 1.70. The molecule has 0 saturated carbocycles. The summed E-state index contributed by atoms with van der Waals surface area (Å²) in [7, 11) is 0. The molecule has 0 amide bonds. The predicted molar refractivity (Wildman–Crippen MR) is 61.3 cm³/mol. The first kappa shape index (κ1) is 11.9. The van der Waals surface area contributed by atoms with Gasteiger partial charge in [0.2, 0.25) is 0 Å². The van der Waals surface area contributed by atoms with Gasteiger partial charge in [0.15, 0.2) is 5.78 Å². The molecule has 1 rings (SSSR count). The van der Waals surface area contributed by atoms with Crippen molar-refractivity contribution in [2.75, 3.05) is 0 Å². The van der Waals surface area contributed by atoms with Gasteiger partial charge in [-0.3, -0.25) is 4.79 Å². The van der Waals surface area contributed by atoms with E-state index in [2.05, 4.69) is 6.58 Å². The minimum atomic E-state index is -0.710. The molecule has 0 aromatic heterocycles. The number of hydrogen-bond acceptors (Lipinski definition) is 2. The van der Waals surface area contributed by atoms with Crippen molar-refractivity contribution in [2.45, 2.75) is 20.0 Å². The van der Waals surface area contributed by atoms with Gasteiger partial charge in [-0.1, -0.05) is 38.2 Å². The van der Waals surface area contributed by atoms with Crippen molar-refractivity contribution >= 4 is 5.78 Å². The van der Waals surface area contributed by atoms with Crippen LogP contribution >= 0.6 is 0 Å². The van der Waals surface area contributed by atoms with Crippen LogP contribution in [0.2, 0.25) is 0 Å². The summed E-state index contributed by atoms with van der Waals surface area (Å²) in [6, 6.07) is 0. The van der Waals surface area contributed by atoms with Gasteiger partial charge in [-0.25, -0.2) is 0 Å². The van der Waals surface area contributed by atoms with E-state index in [9.17, 15) is 9.90 Å². The zero-order valence-electron chi connectivity index (χ0n) is 9.26. The largest absolute Gasteiger partial charge is 0.388 e. The number of allylic oxidation sites excluding steroid dienone is 4. The molecule has 1 aliphatic rings. The maximum atomic E-state index is 11.5. The highest BCUT2D eigenvalue weighted by atomic mass is 16.3. The van der Waals surface area contributed by atoms with E-state index in [-0.39, 0.29) is 17.6 Å². The van der Waals surface area contributed by atoms with Crippen molar-refractivity contribution < 1.29 is 9.90 Å². The molecule has 1 N–H and O–H groups in total. The fraction of sp³-hybridized carbons (Fsp3) is 0.462. The summed E-state index contributed by atoms with van der Waals surface area (Å²) in [6.45, 7) is 7.73. The van der Waals surface area contributed by atoms with E-state index in [1.54, 1.807) is 18.2 Å². The second kappa shape index (κ2) is 5.08. The summed E-state index contributed by atoms with van der Waals surface area (Å²) >= 11 is 0. The molecule has 0 fully saturated rings. The standard InChI is InChI=1S/C13H18O2/c1-4-10-6-8-12(15)13(10)11(14)7-5-9(2)3/h4-11,13-14H,1H2,2-3H3/b7-5+/t10-,11-,13-/m0/s1. The lowest BCUT2D eigenvalue weighted by Gasteiger charge is -2.18. The smallest absolute Gasteiger partial charge is 0.162 e. The summed E-state index contributed by atoms with van der Waals surface area (Å²) < 4.78 is 0. The molecule has 0 bridgehead atoms. The SMILES string of the molecule is C=C[C@H]1C=CC(=O)[C@@H]1[C@@H](O)/C=C/C(C)C. The van der Waals surface area contributed by atoms with Gasteiger partial charge in [-0.05, 0) is 12.0 Å². The lowest BCUT2D eigenvalue weighted by atomic mass is 9.89. The second-order valence-electron chi connectivity index (χ2n) is 4.22. The quantitative estimate of drug-likeness (QED) is 0.715. The van der Waals surface area contributed by atoms with Gasteiger partial charge < -0.3 is 5.11 Å². The Labute approximate surface area is 91.0 Å². The van der Waals surface area contributed by atoms with Gasteiger partial charge in [-0.2, -0.15) is 0 Å². The molecule has 82 valence electrons. The first-order chi connectivity index (χ1) is 7.06. The highest BCUT2D eigenvalue weighted by molar-refractivity contribution is 5.95. The predicted octanol–water partition coefficient (Wildman–Crippen LogP) is 2.12. The number of ketones is 1. The van der Waals surface area contributed by atoms with Crippen LogP contribution < -0.4 is 0 Å². The van der Waals surface area contributed by atoms with Crippen LogP contribution in [0.3, 0.4) is 0 Å². The highest BCUT2D eigenvalue weighted by Gasteiger charge is 2.32. The molecule has 3 atom stereocenters. The van der Waals surface area contributed by atoms with Crippen molar-refractivity contribution in [1.29, 1.82) is 0 Å². The lowest BCUT2D eigenvalue weighted by Crippen LogP contribution is -2.27. The topological polar surface area (TPSA) is 37.3 Å². The molecule has 0 heterocycles. The normalized spacial score (nSPS) is 27.9. The minimum absolute atomic E-state index is 0.0131. The maximum Gasteiger partial charge on any atom is 0.162 e. The summed E-state index contributed by atoms with van der Waals surface area (Å²) in [5.41, 5.74) is 0. The van der Waals surface area contributed by atoms with Crippen LogP contribution in [0.25, 0.3) is 0 Å². The molecule has 0 saturated heterocycles. The Hall–Kier alpha value is -1.15. The Bertz CT molecular complexity index is 300. The summed E-state index contributed by atoms with van der Waals surface area (Å²) in [6.07, 6.45) is 7.94. The Kier molecular flexibility index (Phi) is 4.04. The van der Waals surface area contributed by atoms with E-state index in [1.165, 1.54) is 6.08 Å². The van der Waals surface area contributed by atoms with Crippen LogP contribution in [0.15, 0.2) is 37.0 Å². The molecule has 0 unspecified atom stereocenters. The van der Waals surface area contributed by atoms with Crippen molar-refractivity contribution in [1.82, 2.24) is 0 Å². The number of carbonyl (C=O) groups is 1. The van der Waals surface area contributed by atoms with Gasteiger partial charge in [-0.15, -0.1) is 6.58 Å². The van der Waals surface area contributed by atoms with Crippen LogP contribution in [-0.4, -0.2) is 17.0 Å². The number of rotatable bonds is 4. The third kappa shape index (κ3) is 2.90. The van der Waals surface area contributed by atoms with Crippen molar-refractivity contribution in [2.24, 2.45) is 17.8 Å². The molecule has 0 aliphatic heterocycles. The minimum Gasteiger partial charge on any atom is -0.388 e. The van der Waals surface area contributed by atoms with Crippen LogP contribution in [0.1, 0.15) is 13.8 Å². The van der Waals surface area contributed by atoms with Crippen LogP contribution in [0.4, 0.5) is 0 Å². The second-order valence-corrected chi connectivity index (χ2v) is 4.22. The number of aliphatic hydroxyl groups is 1. The van der Waals surface area contributed by atoms with Crippen molar-refractivity contribution in [3.63, 3.8) is 0 Å². The first-order valence-electron chi connectivity index (χ1n) is 5.27. The third-order valence-electron chi connectivity index (χ3n) is 2.56. The number of carbonyl (C=O) groups excluding carboxylic acids is 1. The molecule has 0 spiro atoms. The summed E-state index contributed by atoms with van der Waals surface area (Å²) in [5, 5.41) is 9.87. The van der Waals surface area contributed by atoms with E-state index in [1.807, 2.05) is 19.9 Å². The lowest BCUT2D eigenvalue weighted by molar-refractivity contribution is -0.120. The zero-order chi connectivity index (χ0) is 11.4. The zero-order valence-corrected chi connectivity index (χ0v) is 9.26. The van der Waals surface area contributed by atoms with Gasteiger partial charge in [0.1, 0.15) is 0 Å². The van der Waals surface area contributed by atoms with Gasteiger partial charge in [0.25, 0.3) is 0 Å². The molecule has 1 aliphatic carbocycles. The van der Waals surface area contributed by atoms with Crippen LogP contribution in [-0.2, 0) is 4.79 Å². The van der Waals surface area contributed by atoms with Crippen LogP contribution in [0.5, 0.6) is 0 Å². The molecule has 0 aromatic carbocycles. The molecule has 2 nitrogen and oxygen atoms in total. The molecular formula is C13H18O2. The van der Waals surface area contributed by atoms with Crippen LogP contribution in [0, 0.1) is 17.8 Å². The molecule has 0 aromatic rings.